The molecular weight excluding hydrogens is 420 g/mol. The standard InChI is InChI=1S/C26H26N2O5/c29-24(27-13-16-12-22(16)25(30)31)15-9-10-17(11-15)28-26(32)33-14-23-20-7-3-1-5-18(20)19-6-2-4-8-21(19)23/h1-9,16-17,22-23H,10-14H2,(H,27,29)(H,28,32)(H,30,31)/t16-,17?,22-/m0/s1. The van der Waals surface area contributed by atoms with Crippen molar-refractivity contribution in [2.24, 2.45) is 11.8 Å². The second kappa shape index (κ2) is 8.73. The minimum Gasteiger partial charge on any atom is -0.481 e. The molecule has 7 heteroatoms. The van der Waals surface area contributed by atoms with E-state index in [1.54, 1.807) is 0 Å². The molecule has 33 heavy (non-hydrogen) atoms. The zero-order valence-electron chi connectivity index (χ0n) is 18.1. The van der Waals surface area contributed by atoms with Crippen LogP contribution in [0.2, 0.25) is 0 Å². The molecule has 5 rings (SSSR count). The minimum absolute atomic E-state index is 0.00300. The van der Waals surface area contributed by atoms with Crippen LogP contribution in [0.4, 0.5) is 4.79 Å². The van der Waals surface area contributed by atoms with Crippen molar-refractivity contribution in [3.8, 4) is 11.1 Å². The third-order valence-electron chi connectivity index (χ3n) is 6.84. The zero-order valence-corrected chi connectivity index (χ0v) is 18.1. The number of amides is 2. The smallest absolute Gasteiger partial charge is 0.407 e. The Kier molecular flexibility index (Phi) is 5.62. The van der Waals surface area contributed by atoms with Crippen LogP contribution in [-0.4, -0.2) is 42.3 Å². The predicted molar refractivity (Wildman–Crippen MR) is 122 cm³/mol. The highest BCUT2D eigenvalue weighted by molar-refractivity contribution is 5.94. The number of nitrogens with one attached hydrogen (secondary N) is 2. The van der Waals surface area contributed by atoms with Crippen molar-refractivity contribution >= 4 is 18.0 Å². The van der Waals surface area contributed by atoms with Crippen LogP contribution < -0.4 is 10.6 Å². The van der Waals surface area contributed by atoms with E-state index in [1.807, 2.05) is 30.3 Å². The summed E-state index contributed by atoms with van der Waals surface area (Å²) < 4.78 is 5.59. The number of aliphatic carboxylic acids is 1. The van der Waals surface area contributed by atoms with Gasteiger partial charge in [0.05, 0.1) is 5.92 Å². The van der Waals surface area contributed by atoms with E-state index < -0.39 is 12.1 Å². The van der Waals surface area contributed by atoms with E-state index in [4.69, 9.17) is 9.84 Å². The van der Waals surface area contributed by atoms with Crippen molar-refractivity contribution in [3.63, 3.8) is 0 Å². The predicted octanol–water partition coefficient (Wildman–Crippen LogP) is 3.45. The van der Waals surface area contributed by atoms with Crippen LogP contribution in [0.1, 0.15) is 36.3 Å². The van der Waals surface area contributed by atoms with Crippen LogP contribution in [0.25, 0.3) is 11.1 Å². The molecule has 0 spiro atoms. The molecule has 7 nitrogen and oxygen atoms in total. The Bertz CT molecular complexity index is 1100. The summed E-state index contributed by atoms with van der Waals surface area (Å²) in [4.78, 5) is 35.7. The molecule has 2 aromatic carbocycles. The largest absolute Gasteiger partial charge is 0.481 e. The van der Waals surface area contributed by atoms with Crippen molar-refractivity contribution < 1.29 is 24.2 Å². The Hall–Kier alpha value is -3.61. The van der Waals surface area contributed by atoms with Gasteiger partial charge < -0.3 is 20.5 Å². The first-order valence-electron chi connectivity index (χ1n) is 11.3. The average Bonchev–Trinajstić information content (AvgIpc) is 3.35. The van der Waals surface area contributed by atoms with Crippen LogP contribution in [0, 0.1) is 11.8 Å². The number of hydrogen-bond acceptors (Lipinski definition) is 4. The Morgan fingerprint density at radius 1 is 1.00 bits per heavy atom. The Balaban J connectivity index is 1.10. The van der Waals surface area contributed by atoms with Gasteiger partial charge in [0.1, 0.15) is 6.61 Å². The normalized spacial score (nSPS) is 22.7. The summed E-state index contributed by atoms with van der Waals surface area (Å²) in [6.07, 6.45) is 2.95. The first kappa shape index (κ1) is 21.2. The van der Waals surface area contributed by atoms with Crippen LogP contribution in [0.3, 0.4) is 0 Å². The van der Waals surface area contributed by atoms with Gasteiger partial charge in [-0.1, -0.05) is 54.6 Å². The first-order chi connectivity index (χ1) is 16.0. The van der Waals surface area contributed by atoms with Gasteiger partial charge in [0.15, 0.2) is 0 Å². The van der Waals surface area contributed by atoms with E-state index in [2.05, 4.69) is 34.9 Å². The maximum atomic E-state index is 12.5. The number of fused-ring (bicyclic) bond motifs is 3. The Morgan fingerprint density at radius 3 is 2.30 bits per heavy atom. The molecule has 3 aliphatic rings. The lowest BCUT2D eigenvalue weighted by atomic mass is 9.98. The number of hydrogen-bond donors (Lipinski definition) is 3. The third kappa shape index (κ3) is 4.35. The molecular formula is C26H26N2O5. The van der Waals surface area contributed by atoms with Gasteiger partial charge in [0.2, 0.25) is 5.91 Å². The van der Waals surface area contributed by atoms with Gasteiger partial charge in [0.25, 0.3) is 0 Å². The Morgan fingerprint density at radius 2 is 1.67 bits per heavy atom. The molecule has 0 bridgehead atoms. The van der Waals surface area contributed by atoms with E-state index in [9.17, 15) is 14.4 Å². The fourth-order valence-corrected chi connectivity index (χ4v) is 4.93. The molecule has 2 aromatic rings. The maximum absolute atomic E-state index is 12.5. The van der Waals surface area contributed by atoms with Gasteiger partial charge >= 0.3 is 12.1 Å². The molecule has 0 saturated heterocycles. The summed E-state index contributed by atoms with van der Waals surface area (Å²) in [5.74, 6) is -1.32. The number of carbonyl (C=O) groups is 3. The molecule has 3 aliphatic carbocycles. The van der Waals surface area contributed by atoms with Gasteiger partial charge in [-0.2, -0.15) is 0 Å². The average molecular weight is 447 g/mol. The number of alkyl carbamates (subject to hydrolysis) is 1. The summed E-state index contributed by atoms with van der Waals surface area (Å²) in [5, 5.41) is 14.6. The minimum atomic E-state index is -0.804. The van der Waals surface area contributed by atoms with Gasteiger partial charge in [-0.25, -0.2) is 4.79 Å². The number of carboxylic acid groups (broad SMARTS) is 1. The molecule has 0 aliphatic heterocycles. The number of benzene rings is 2. The van der Waals surface area contributed by atoms with Gasteiger partial charge in [0, 0.05) is 24.1 Å². The van der Waals surface area contributed by atoms with E-state index >= 15 is 0 Å². The quantitative estimate of drug-likeness (QED) is 0.604. The summed E-state index contributed by atoms with van der Waals surface area (Å²) in [6, 6.07) is 16.2. The SMILES string of the molecule is O=C(NC1CC=C(C(=O)NC[C@@H]2C[C@@H]2C(=O)O)C1)OCC1c2ccccc2-c2ccccc21. The van der Waals surface area contributed by atoms with E-state index in [0.29, 0.717) is 31.4 Å². The van der Waals surface area contributed by atoms with Crippen molar-refractivity contribution in [1.82, 2.24) is 10.6 Å². The molecule has 0 aromatic heterocycles. The van der Waals surface area contributed by atoms with Crippen molar-refractivity contribution in [1.29, 1.82) is 0 Å². The highest BCUT2D eigenvalue weighted by Crippen LogP contribution is 2.44. The van der Waals surface area contributed by atoms with E-state index in [1.165, 1.54) is 11.1 Å². The molecule has 1 unspecified atom stereocenters. The van der Waals surface area contributed by atoms with Crippen LogP contribution >= 0.6 is 0 Å². The van der Waals surface area contributed by atoms with Gasteiger partial charge in [-0.05, 0) is 47.4 Å². The second-order valence-corrected chi connectivity index (χ2v) is 8.99. The Labute approximate surface area is 191 Å². The topological polar surface area (TPSA) is 105 Å². The fraction of sp³-hybridized carbons (Fsp3) is 0.346. The van der Waals surface area contributed by atoms with Crippen molar-refractivity contribution in [3.05, 3.63) is 71.3 Å². The second-order valence-electron chi connectivity index (χ2n) is 8.99. The van der Waals surface area contributed by atoms with Crippen LogP contribution in [-0.2, 0) is 14.3 Å². The molecule has 0 radical (unpaired) electrons. The summed E-state index contributed by atoms with van der Waals surface area (Å²) in [6.45, 7) is 0.622. The van der Waals surface area contributed by atoms with Gasteiger partial charge in [-0.15, -0.1) is 0 Å². The van der Waals surface area contributed by atoms with Gasteiger partial charge in [-0.3, -0.25) is 9.59 Å². The lowest BCUT2D eigenvalue weighted by molar-refractivity contribution is -0.139. The molecule has 0 heterocycles. The lowest BCUT2D eigenvalue weighted by Crippen LogP contribution is -2.35. The van der Waals surface area contributed by atoms with Crippen molar-refractivity contribution in [2.75, 3.05) is 13.2 Å². The zero-order chi connectivity index (χ0) is 22.9. The number of ether oxygens (including phenoxy) is 1. The molecule has 2 amide bonds. The molecule has 3 N–H and O–H groups in total. The van der Waals surface area contributed by atoms with E-state index in [0.717, 1.165) is 11.1 Å². The van der Waals surface area contributed by atoms with E-state index in [-0.39, 0.29) is 36.3 Å². The summed E-state index contributed by atoms with van der Waals surface area (Å²) in [5.41, 5.74) is 5.30. The molecule has 1 fully saturated rings. The maximum Gasteiger partial charge on any atom is 0.407 e. The number of carboxylic acids is 1. The van der Waals surface area contributed by atoms with Crippen LogP contribution in [0.15, 0.2) is 60.2 Å². The highest BCUT2D eigenvalue weighted by Gasteiger charge is 2.43. The van der Waals surface area contributed by atoms with Crippen LogP contribution in [0.5, 0.6) is 0 Å². The molecule has 1 saturated carbocycles. The lowest BCUT2D eigenvalue weighted by Gasteiger charge is -2.17. The number of carbonyl (C=O) groups excluding carboxylic acids is 2. The fourth-order valence-electron chi connectivity index (χ4n) is 4.93. The van der Waals surface area contributed by atoms with Crippen molar-refractivity contribution in [2.45, 2.75) is 31.2 Å². The molecule has 3 atom stereocenters. The monoisotopic (exact) mass is 446 g/mol. The summed E-state index contributed by atoms with van der Waals surface area (Å²) >= 11 is 0. The number of rotatable bonds is 7. The third-order valence-corrected chi connectivity index (χ3v) is 6.84. The highest BCUT2D eigenvalue weighted by atomic mass is 16.5. The first-order valence-corrected chi connectivity index (χ1v) is 11.3. The summed E-state index contributed by atoms with van der Waals surface area (Å²) in [7, 11) is 0. The molecule has 170 valence electrons.